The van der Waals surface area contributed by atoms with Gasteiger partial charge >= 0.3 is 29.0 Å². The standard InChI is InChI=1S/C6H16N2.4O.Os/c1-7(2)5-6-8(3)4;;;;;/h5-6H2,1-4H3;;;;;. The van der Waals surface area contributed by atoms with Crippen LogP contribution in [0.25, 0.3) is 0 Å². The van der Waals surface area contributed by atoms with E-state index < -0.39 is 14.8 Å². The molecule has 0 aromatic rings. The summed E-state index contributed by atoms with van der Waals surface area (Å²) in [5, 5.41) is 0. The van der Waals surface area contributed by atoms with E-state index >= 15 is 0 Å². The van der Waals surface area contributed by atoms with E-state index in [1.807, 2.05) is 0 Å². The zero-order valence-electron chi connectivity index (χ0n) is 8.30. The molecule has 0 saturated carbocycles. The average molecular weight is 370 g/mol. The third-order valence-electron chi connectivity index (χ3n) is 0.994. The molecule has 0 fully saturated rings. The summed E-state index contributed by atoms with van der Waals surface area (Å²) in [6.07, 6.45) is 0. The van der Waals surface area contributed by atoms with Crippen molar-refractivity contribution in [2.75, 3.05) is 41.3 Å². The Morgan fingerprint density at radius 1 is 0.769 bits per heavy atom. The second-order valence-electron chi connectivity index (χ2n) is 2.96. The molecule has 6 nitrogen and oxygen atoms in total. The van der Waals surface area contributed by atoms with Crippen molar-refractivity contribution >= 4 is 0 Å². The Morgan fingerprint density at radius 2 is 0.923 bits per heavy atom. The monoisotopic (exact) mass is 372 g/mol. The fourth-order valence-electron chi connectivity index (χ4n) is 0.400. The van der Waals surface area contributed by atoms with E-state index in [9.17, 15) is 0 Å². The van der Waals surface area contributed by atoms with Crippen LogP contribution >= 0.6 is 0 Å². The van der Waals surface area contributed by atoms with E-state index in [4.69, 9.17) is 14.2 Å². The molecule has 0 aliphatic carbocycles. The normalized spacial score (nSPS) is 11.2. The molecular formula is C6H16N2O4Os. The second-order valence-corrected chi connectivity index (χ2v) is 5.50. The Labute approximate surface area is 80.5 Å². The number of hydrogen-bond donors (Lipinski definition) is 0. The third-order valence-corrected chi connectivity index (χ3v) is 0.994. The molecule has 0 rings (SSSR count). The van der Waals surface area contributed by atoms with Crippen LogP contribution in [0.4, 0.5) is 0 Å². The van der Waals surface area contributed by atoms with E-state index in [0.717, 1.165) is 13.1 Å². The fraction of sp³-hybridized carbons (Fsp3) is 1.00. The summed E-state index contributed by atoms with van der Waals surface area (Å²) in [4.78, 5) is 4.36. The predicted molar refractivity (Wildman–Crippen MR) is 39.9 cm³/mol. The van der Waals surface area contributed by atoms with Gasteiger partial charge < -0.3 is 9.80 Å². The Morgan fingerprint density at radius 3 is 1.00 bits per heavy atom. The first-order chi connectivity index (χ1) is 5.63. The predicted octanol–water partition coefficient (Wildman–Crippen LogP) is -0.368. The van der Waals surface area contributed by atoms with Crippen LogP contribution in [-0.4, -0.2) is 51.1 Å². The van der Waals surface area contributed by atoms with Gasteiger partial charge in [0.2, 0.25) is 0 Å². The number of hydrogen-bond acceptors (Lipinski definition) is 6. The van der Waals surface area contributed by atoms with Crippen LogP contribution < -0.4 is 0 Å². The first-order valence-electron chi connectivity index (χ1n) is 3.50. The topological polar surface area (TPSA) is 74.8 Å². The van der Waals surface area contributed by atoms with Gasteiger partial charge in [-0.25, -0.2) is 0 Å². The van der Waals surface area contributed by atoms with Crippen molar-refractivity contribution in [1.82, 2.24) is 9.80 Å². The molecule has 0 unspecified atom stereocenters. The molecule has 0 radical (unpaired) electrons. The summed E-state index contributed by atoms with van der Waals surface area (Å²) < 4.78 is 34.5. The van der Waals surface area contributed by atoms with Gasteiger partial charge in [-0.1, -0.05) is 0 Å². The molecule has 0 spiro atoms. The van der Waals surface area contributed by atoms with Gasteiger partial charge in [0.05, 0.1) is 0 Å². The Kier molecular flexibility index (Phi) is 8.43. The second kappa shape index (κ2) is 7.19. The SMILES string of the molecule is CN(C)CCN(C)C.[O]=[Os](=[O])(=[O])=[O]. The zero-order chi connectivity index (χ0) is 11.1. The molecule has 82 valence electrons. The zero-order valence-corrected chi connectivity index (χ0v) is 10.8. The van der Waals surface area contributed by atoms with Crippen molar-refractivity contribution in [3.05, 3.63) is 0 Å². The summed E-state index contributed by atoms with van der Waals surface area (Å²) in [5.74, 6) is 0. The van der Waals surface area contributed by atoms with Gasteiger partial charge in [0.25, 0.3) is 0 Å². The van der Waals surface area contributed by atoms with Crippen LogP contribution in [0.5, 0.6) is 0 Å². The fourth-order valence-corrected chi connectivity index (χ4v) is 0.400. The summed E-state index contributed by atoms with van der Waals surface area (Å²) in [7, 11) is 8.35. The Balaban J connectivity index is 0. The maximum absolute atomic E-state index is 8.63. The van der Waals surface area contributed by atoms with Gasteiger partial charge in [0.1, 0.15) is 0 Å². The molecule has 13 heavy (non-hydrogen) atoms. The molecule has 0 bridgehead atoms. The van der Waals surface area contributed by atoms with E-state index in [2.05, 4.69) is 38.0 Å². The van der Waals surface area contributed by atoms with Crippen molar-refractivity contribution in [2.24, 2.45) is 0 Å². The van der Waals surface area contributed by atoms with Crippen LogP contribution in [0.3, 0.4) is 0 Å². The van der Waals surface area contributed by atoms with Crippen LogP contribution in [-0.2, 0) is 29.0 Å². The Hall–Kier alpha value is -0.244. The summed E-state index contributed by atoms with van der Waals surface area (Å²) >= 11 is -6.06. The molecule has 0 amide bonds. The van der Waals surface area contributed by atoms with Crippen LogP contribution in [0.1, 0.15) is 0 Å². The molecule has 0 atom stereocenters. The molecule has 0 N–H and O–H groups in total. The third kappa shape index (κ3) is 49.5. The first-order valence-corrected chi connectivity index (χ1v) is 7.65. The molecule has 0 aromatic carbocycles. The maximum atomic E-state index is 8.63. The minimum absolute atomic E-state index is 1.15. The number of rotatable bonds is 3. The molecule has 7 heteroatoms. The average Bonchev–Trinajstić information content (AvgIpc) is 1.79. The van der Waals surface area contributed by atoms with Crippen molar-refractivity contribution < 1.29 is 29.0 Å². The van der Waals surface area contributed by atoms with E-state index in [1.54, 1.807) is 0 Å². The van der Waals surface area contributed by atoms with Gasteiger partial charge in [-0.3, -0.25) is 0 Å². The van der Waals surface area contributed by atoms with Crippen LogP contribution in [0, 0.1) is 0 Å². The molecule has 0 aliphatic heterocycles. The quantitative estimate of drug-likeness (QED) is 0.675. The molecule has 0 saturated heterocycles. The summed E-state index contributed by atoms with van der Waals surface area (Å²) in [6, 6.07) is 0. The summed E-state index contributed by atoms with van der Waals surface area (Å²) in [6.45, 7) is 2.29. The van der Waals surface area contributed by atoms with E-state index in [-0.39, 0.29) is 0 Å². The molecular weight excluding hydrogens is 354 g/mol. The first kappa shape index (κ1) is 15.2. The molecule has 0 aliphatic rings. The van der Waals surface area contributed by atoms with Gasteiger partial charge in [-0.2, -0.15) is 0 Å². The van der Waals surface area contributed by atoms with E-state index in [0.29, 0.717) is 0 Å². The number of likely N-dealkylation sites (N-methyl/N-ethyl adjacent to an activating group) is 2. The molecule has 0 heterocycles. The van der Waals surface area contributed by atoms with Gasteiger partial charge in [-0.05, 0) is 28.2 Å². The van der Waals surface area contributed by atoms with Crippen LogP contribution in [0.15, 0.2) is 0 Å². The van der Waals surface area contributed by atoms with Crippen molar-refractivity contribution in [3.63, 3.8) is 0 Å². The van der Waals surface area contributed by atoms with Gasteiger partial charge in [0, 0.05) is 13.1 Å². The van der Waals surface area contributed by atoms with Crippen molar-refractivity contribution in [1.29, 1.82) is 0 Å². The van der Waals surface area contributed by atoms with Crippen molar-refractivity contribution in [3.8, 4) is 0 Å². The van der Waals surface area contributed by atoms with Gasteiger partial charge in [-0.15, -0.1) is 0 Å². The molecule has 0 aromatic heterocycles. The Bertz CT molecular complexity index is 265. The van der Waals surface area contributed by atoms with Crippen LogP contribution in [0.2, 0.25) is 0 Å². The van der Waals surface area contributed by atoms with Gasteiger partial charge in [0.15, 0.2) is 0 Å². The number of nitrogens with zero attached hydrogens (tertiary/aromatic N) is 2. The minimum atomic E-state index is -6.06. The van der Waals surface area contributed by atoms with E-state index in [1.165, 1.54) is 0 Å². The van der Waals surface area contributed by atoms with Crippen molar-refractivity contribution in [2.45, 2.75) is 0 Å². The summed E-state index contributed by atoms with van der Waals surface area (Å²) in [5.41, 5.74) is 0.